The van der Waals surface area contributed by atoms with E-state index >= 15 is 0 Å². The Labute approximate surface area is 153 Å². The average molecular weight is 357 g/mol. The number of hydrogen-bond acceptors (Lipinski definition) is 5. The fourth-order valence-corrected chi connectivity index (χ4v) is 2.25. The number of carbonyl (C=O) groups is 2. The molecule has 0 fully saturated rings. The number of likely N-dealkylation sites (N-methyl/N-ethyl adjacent to an activating group) is 1. The third-order valence-corrected chi connectivity index (χ3v) is 3.64. The monoisotopic (exact) mass is 357 g/mol. The van der Waals surface area contributed by atoms with Gasteiger partial charge in [-0.2, -0.15) is 0 Å². The molecule has 0 spiro atoms. The van der Waals surface area contributed by atoms with Gasteiger partial charge in [0.05, 0.1) is 12.7 Å². The van der Waals surface area contributed by atoms with Crippen LogP contribution < -0.4 is 14.8 Å². The summed E-state index contributed by atoms with van der Waals surface area (Å²) in [7, 11) is 1.50. The van der Waals surface area contributed by atoms with Crippen molar-refractivity contribution in [2.24, 2.45) is 0 Å². The number of rotatable bonds is 8. The van der Waals surface area contributed by atoms with Crippen molar-refractivity contribution in [2.75, 3.05) is 13.7 Å². The number of ether oxygens (including phenoxy) is 3. The molecule has 138 valence electrons. The van der Waals surface area contributed by atoms with Crippen molar-refractivity contribution >= 4 is 11.9 Å². The Hall–Kier alpha value is -3.02. The standard InChI is InChI=1S/C20H23NO5/c1-4-21-19(22)14(2)26-20(23)16-10-11-17(18(12-16)24-3)25-13-15-8-6-5-7-9-15/h5-12,14H,4,13H2,1-3H3,(H,21,22)/t14-/m0/s1. The second kappa shape index (κ2) is 9.46. The van der Waals surface area contributed by atoms with Gasteiger partial charge in [-0.15, -0.1) is 0 Å². The molecule has 2 aromatic rings. The van der Waals surface area contributed by atoms with Gasteiger partial charge < -0.3 is 19.5 Å². The van der Waals surface area contributed by atoms with E-state index in [0.717, 1.165) is 5.56 Å². The molecule has 0 saturated heterocycles. The van der Waals surface area contributed by atoms with Crippen LogP contribution in [0.2, 0.25) is 0 Å². The van der Waals surface area contributed by atoms with Crippen molar-refractivity contribution in [1.82, 2.24) is 5.32 Å². The minimum atomic E-state index is -0.873. The van der Waals surface area contributed by atoms with Crippen LogP contribution in [0.5, 0.6) is 11.5 Å². The number of carbonyl (C=O) groups excluding carboxylic acids is 2. The topological polar surface area (TPSA) is 73.9 Å². The molecule has 0 aliphatic heterocycles. The van der Waals surface area contributed by atoms with E-state index in [9.17, 15) is 9.59 Å². The molecule has 6 nitrogen and oxygen atoms in total. The van der Waals surface area contributed by atoms with Crippen LogP contribution >= 0.6 is 0 Å². The zero-order valence-electron chi connectivity index (χ0n) is 15.2. The normalized spacial score (nSPS) is 11.3. The molecule has 1 N–H and O–H groups in total. The summed E-state index contributed by atoms with van der Waals surface area (Å²) in [5.74, 6) is -0.00184. The van der Waals surface area contributed by atoms with Gasteiger partial charge in [-0.3, -0.25) is 4.79 Å². The van der Waals surface area contributed by atoms with Crippen LogP contribution in [0.25, 0.3) is 0 Å². The zero-order chi connectivity index (χ0) is 18.9. The molecular formula is C20H23NO5. The van der Waals surface area contributed by atoms with Crippen LogP contribution in [0.3, 0.4) is 0 Å². The summed E-state index contributed by atoms with van der Waals surface area (Å²) in [4.78, 5) is 23.9. The molecule has 0 unspecified atom stereocenters. The first-order valence-corrected chi connectivity index (χ1v) is 8.38. The van der Waals surface area contributed by atoms with Gasteiger partial charge in [0.1, 0.15) is 6.61 Å². The molecule has 0 saturated carbocycles. The van der Waals surface area contributed by atoms with E-state index in [0.29, 0.717) is 24.7 Å². The van der Waals surface area contributed by atoms with Crippen molar-refractivity contribution in [3.63, 3.8) is 0 Å². The molecule has 2 aromatic carbocycles. The quantitative estimate of drug-likeness (QED) is 0.735. The lowest BCUT2D eigenvalue weighted by atomic mass is 10.2. The van der Waals surface area contributed by atoms with E-state index in [1.807, 2.05) is 30.3 Å². The molecule has 0 aromatic heterocycles. The lowest BCUT2D eigenvalue weighted by molar-refractivity contribution is -0.128. The Balaban J connectivity index is 2.05. The molecule has 6 heteroatoms. The van der Waals surface area contributed by atoms with Crippen LogP contribution in [0.15, 0.2) is 48.5 Å². The van der Waals surface area contributed by atoms with E-state index in [4.69, 9.17) is 14.2 Å². The minimum Gasteiger partial charge on any atom is -0.493 e. The van der Waals surface area contributed by atoms with Crippen molar-refractivity contribution in [3.05, 3.63) is 59.7 Å². The third kappa shape index (κ3) is 5.24. The first-order chi connectivity index (χ1) is 12.5. The lowest BCUT2D eigenvalue weighted by Gasteiger charge is -2.14. The first-order valence-electron chi connectivity index (χ1n) is 8.38. The molecule has 26 heavy (non-hydrogen) atoms. The maximum Gasteiger partial charge on any atom is 0.339 e. The SMILES string of the molecule is CCNC(=O)[C@H](C)OC(=O)c1ccc(OCc2ccccc2)c(OC)c1. The largest absolute Gasteiger partial charge is 0.493 e. The summed E-state index contributed by atoms with van der Waals surface area (Å²) >= 11 is 0. The summed E-state index contributed by atoms with van der Waals surface area (Å²) in [6.07, 6.45) is -0.873. The van der Waals surface area contributed by atoms with Crippen molar-refractivity contribution < 1.29 is 23.8 Å². The van der Waals surface area contributed by atoms with E-state index in [1.54, 1.807) is 19.1 Å². The molecule has 0 bridgehead atoms. The van der Waals surface area contributed by atoms with Crippen molar-refractivity contribution in [2.45, 2.75) is 26.6 Å². The molecule has 1 atom stereocenters. The summed E-state index contributed by atoms with van der Waals surface area (Å²) < 4.78 is 16.2. The van der Waals surface area contributed by atoms with Gasteiger partial charge in [0.15, 0.2) is 17.6 Å². The summed E-state index contributed by atoms with van der Waals surface area (Å²) in [5, 5.41) is 2.61. The number of hydrogen-bond donors (Lipinski definition) is 1. The second-order valence-corrected chi connectivity index (χ2v) is 5.58. The predicted octanol–water partition coefficient (Wildman–Crippen LogP) is 2.96. The molecular weight excluding hydrogens is 334 g/mol. The molecule has 1 amide bonds. The zero-order valence-corrected chi connectivity index (χ0v) is 15.2. The third-order valence-electron chi connectivity index (χ3n) is 3.64. The van der Waals surface area contributed by atoms with Gasteiger partial charge in [0, 0.05) is 6.54 Å². The van der Waals surface area contributed by atoms with E-state index in [1.165, 1.54) is 20.1 Å². The average Bonchev–Trinajstić information content (AvgIpc) is 2.67. The number of amides is 1. The van der Waals surface area contributed by atoms with Crippen LogP contribution in [0, 0.1) is 0 Å². The highest BCUT2D eigenvalue weighted by Gasteiger charge is 2.19. The first kappa shape index (κ1) is 19.3. The van der Waals surface area contributed by atoms with Crippen LogP contribution in [-0.4, -0.2) is 31.6 Å². The van der Waals surface area contributed by atoms with Crippen LogP contribution in [0.4, 0.5) is 0 Å². The molecule has 0 aliphatic rings. The predicted molar refractivity (Wildman–Crippen MR) is 97.3 cm³/mol. The van der Waals surface area contributed by atoms with Gasteiger partial charge >= 0.3 is 5.97 Å². The van der Waals surface area contributed by atoms with Gasteiger partial charge in [-0.25, -0.2) is 4.79 Å². The number of benzene rings is 2. The van der Waals surface area contributed by atoms with E-state index < -0.39 is 12.1 Å². The van der Waals surface area contributed by atoms with Gasteiger partial charge in [-0.1, -0.05) is 30.3 Å². The van der Waals surface area contributed by atoms with Crippen molar-refractivity contribution in [3.8, 4) is 11.5 Å². The summed E-state index contributed by atoms with van der Waals surface area (Å²) in [5.41, 5.74) is 1.30. The number of methoxy groups -OCH3 is 1. The van der Waals surface area contributed by atoms with Gasteiger partial charge in [-0.05, 0) is 37.6 Å². The highest BCUT2D eigenvalue weighted by molar-refractivity contribution is 5.92. The van der Waals surface area contributed by atoms with Crippen LogP contribution in [-0.2, 0) is 16.1 Å². The maximum atomic E-state index is 12.2. The Bertz CT molecular complexity index is 745. The Kier molecular flexibility index (Phi) is 7.02. The smallest absolute Gasteiger partial charge is 0.339 e. The van der Waals surface area contributed by atoms with Gasteiger partial charge in [0.25, 0.3) is 5.91 Å². The number of esters is 1. The molecule has 0 radical (unpaired) electrons. The Morgan fingerprint density at radius 3 is 2.46 bits per heavy atom. The highest BCUT2D eigenvalue weighted by atomic mass is 16.5. The summed E-state index contributed by atoms with van der Waals surface area (Å²) in [6.45, 7) is 4.18. The highest BCUT2D eigenvalue weighted by Crippen LogP contribution is 2.29. The fraction of sp³-hybridized carbons (Fsp3) is 0.300. The molecule has 2 rings (SSSR count). The molecule has 0 aliphatic carbocycles. The summed E-state index contributed by atoms with van der Waals surface area (Å²) in [6, 6.07) is 14.5. The van der Waals surface area contributed by atoms with Crippen LogP contribution in [0.1, 0.15) is 29.8 Å². The van der Waals surface area contributed by atoms with Crippen molar-refractivity contribution in [1.29, 1.82) is 0 Å². The fourth-order valence-electron chi connectivity index (χ4n) is 2.25. The van der Waals surface area contributed by atoms with E-state index in [-0.39, 0.29) is 11.5 Å². The van der Waals surface area contributed by atoms with E-state index in [2.05, 4.69) is 5.32 Å². The number of nitrogens with one attached hydrogen (secondary N) is 1. The molecule has 0 heterocycles. The lowest BCUT2D eigenvalue weighted by Crippen LogP contribution is -2.35. The minimum absolute atomic E-state index is 0.282. The Morgan fingerprint density at radius 1 is 1.08 bits per heavy atom. The maximum absolute atomic E-state index is 12.2. The second-order valence-electron chi connectivity index (χ2n) is 5.58. The van der Waals surface area contributed by atoms with Gasteiger partial charge in [0.2, 0.25) is 0 Å². The Morgan fingerprint density at radius 2 is 1.81 bits per heavy atom.